The molecule has 0 atom stereocenters. The van der Waals surface area contributed by atoms with E-state index in [0.717, 1.165) is 28.3 Å². The molecule has 0 fully saturated rings. The van der Waals surface area contributed by atoms with Crippen LogP contribution in [-0.2, 0) is 0 Å². The van der Waals surface area contributed by atoms with Crippen molar-refractivity contribution in [2.45, 2.75) is 0 Å². The van der Waals surface area contributed by atoms with Gasteiger partial charge in [0.2, 0.25) is 0 Å². The Bertz CT molecular complexity index is 965. The van der Waals surface area contributed by atoms with Crippen molar-refractivity contribution in [2.75, 3.05) is 7.11 Å². The van der Waals surface area contributed by atoms with Gasteiger partial charge in [-0.15, -0.1) is 47.3 Å². The lowest BCUT2D eigenvalue weighted by Crippen LogP contribution is -1.83. The SMILES string of the molecule is BrB(Br)Br.COc1cccc(-c2cnc[nH]2)c1.Oc1cccc(-c2cnc[nH]2)c1. The van der Waals surface area contributed by atoms with Crippen LogP contribution in [0.25, 0.3) is 22.5 Å². The first-order valence-corrected chi connectivity index (χ1v) is 11.1. The van der Waals surface area contributed by atoms with E-state index in [2.05, 4.69) is 67.2 Å². The molecular formula is C19H18BBr3N4O2. The molecule has 3 N–H and O–H groups in total. The molecule has 6 nitrogen and oxygen atoms in total. The van der Waals surface area contributed by atoms with Gasteiger partial charge in [-0.05, 0) is 24.3 Å². The zero-order chi connectivity index (χ0) is 21.1. The lowest BCUT2D eigenvalue weighted by molar-refractivity contribution is 0.415. The molecule has 0 bridgehead atoms. The summed E-state index contributed by atoms with van der Waals surface area (Å²) < 4.78 is 5.39. The number of aromatic hydroxyl groups is 1. The van der Waals surface area contributed by atoms with Crippen molar-refractivity contribution < 1.29 is 9.84 Å². The summed E-state index contributed by atoms with van der Waals surface area (Å²) in [5, 5.41) is 9.18. The van der Waals surface area contributed by atoms with Gasteiger partial charge in [0.25, 0.3) is 0 Å². The highest BCUT2D eigenvalue weighted by Crippen LogP contribution is 2.21. The minimum absolute atomic E-state index is 0.266. The van der Waals surface area contributed by atoms with Gasteiger partial charge in [0.15, 0.2) is 0 Å². The molecule has 0 radical (unpaired) electrons. The van der Waals surface area contributed by atoms with Crippen LogP contribution in [0.2, 0.25) is 0 Å². The van der Waals surface area contributed by atoms with Crippen LogP contribution >= 0.6 is 47.3 Å². The van der Waals surface area contributed by atoms with Crippen molar-refractivity contribution >= 4 is 50.5 Å². The Morgan fingerprint density at radius 2 is 1.38 bits per heavy atom. The van der Waals surface area contributed by atoms with E-state index < -0.39 is 0 Å². The number of hydrogen-bond donors (Lipinski definition) is 3. The molecule has 0 saturated carbocycles. The summed E-state index contributed by atoms with van der Waals surface area (Å²) in [5.74, 6) is 1.12. The quantitative estimate of drug-likeness (QED) is 0.257. The minimum atomic E-state index is 0.266. The Hall–Kier alpha value is -2.04. The second-order valence-corrected chi connectivity index (χ2v) is 11.9. The number of methoxy groups -OCH3 is 1. The number of imidazole rings is 2. The molecule has 2 aromatic carbocycles. The number of rotatable bonds is 3. The van der Waals surface area contributed by atoms with Crippen molar-refractivity contribution in [1.29, 1.82) is 0 Å². The van der Waals surface area contributed by atoms with Crippen molar-refractivity contribution in [3.05, 3.63) is 73.6 Å². The molecular weight excluding hydrogens is 567 g/mol. The fourth-order valence-electron chi connectivity index (χ4n) is 2.29. The number of halogens is 3. The highest BCUT2D eigenvalue weighted by Gasteiger charge is 1.99. The normalized spacial score (nSPS) is 9.52. The van der Waals surface area contributed by atoms with Gasteiger partial charge in [-0.3, -0.25) is 0 Å². The maximum Gasteiger partial charge on any atom is 0.369 e. The number of phenols is 1. The molecule has 0 saturated heterocycles. The van der Waals surface area contributed by atoms with Crippen LogP contribution in [0, 0.1) is 0 Å². The topological polar surface area (TPSA) is 86.8 Å². The van der Waals surface area contributed by atoms with Crippen LogP contribution in [-0.4, -0.2) is 35.3 Å². The Morgan fingerprint density at radius 3 is 1.83 bits per heavy atom. The third kappa shape index (κ3) is 8.47. The summed E-state index contributed by atoms with van der Waals surface area (Å²) in [7, 11) is 1.66. The zero-order valence-corrected chi connectivity index (χ0v) is 20.1. The average molecular weight is 585 g/mol. The molecule has 4 rings (SSSR count). The Kier molecular flexibility index (Phi) is 10.0. The number of ether oxygens (including phenoxy) is 1. The van der Waals surface area contributed by atoms with Crippen molar-refractivity contribution in [3.8, 4) is 34.0 Å². The van der Waals surface area contributed by atoms with Gasteiger partial charge in [0.1, 0.15) is 11.5 Å². The summed E-state index contributed by atoms with van der Waals surface area (Å²) in [6, 6.07) is 14.9. The second kappa shape index (κ2) is 12.5. The predicted molar refractivity (Wildman–Crippen MR) is 129 cm³/mol. The Morgan fingerprint density at radius 1 is 0.862 bits per heavy atom. The number of hydrogen-bond acceptors (Lipinski definition) is 4. The first-order valence-electron chi connectivity index (χ1n) is 8.32. The lowest BCUT2D eigenvalue weighted by Gasteiger charge is -2.01. The molecule has 29 heavy (non-hydrogen) atoms. The highest BCUT2D eigenvalue weighted by atomic mass is 79.9. The molecule has 2 heterocycles. The third-order valence-electron chi connectivity index (χ3n) is 3.53. The van der Waals surface area contributed by atoms with Crippen LogP contribution in [0.3, 0.4) is 0 Å². The van der Waals surface area contributed by atoms with Gasteiger partial charge in [0.05, 0.1) is 43.5 Å². The Balaban J connectivity index is 0.000000176. The maximum atomic E-state index is 9.18. The van der Waals surface area contributed by atoms with Gasteiger partial charge in [-0.1, -0.05) is 24.3 Å². The summed E-state index contributed by atoms with van der Waals surface area (Å²) >= 11 is 9.31. The number of H-pyrrole nitrogens is 2. The zero-order valence-electron chi connectivity index (χ0n) is 15.4. The van der Waals surface area contributed by atoms with Crippen LogP contribution in [0.4, 0.5) is 0 Å². The molecule has 0 spiro atoms. The molecule has 2 aromatic heterocycles. The first kappa shape index (κ1) is 23.2. The van der Waals surface area contributed by atoms with Crippen molar-refractivity contribution in [2.24, 2.45) is 0 Å². The van der Waals surface area contributed by atoms with E-state index in [4.69, 9.17) is 4.74 Å². The van der Waals surface area contributed by atoms with Crippen molar-refractivity contribution in [1.82, 2.24) is 19.9 Å². The summed E-state index contributed by atoms with van der Waals surface area (Å²) in [6.45, 7) is 0. The first-order chi connectivity index (χ1) is 14.0. The Labute approximate surface area is 194 Å². The molecule has 0 aliphatic heterocycles. The smallest absolute Gasteiger partial charge is 0.369 e. The van der Waals surface area contributed by atoms with E-state index in [9.17, 15) is 5.11 Å². The number of phenolic OH excluding ortho intramolecular Hbond substituents is 1. The summed E-state index contributed by atoms with van der Waals surface area (Å²) in [6.07, 6.45) is 6.78. The van der Waals surface area contributed by atoms with Gasteiger partial charge in [-0.25, -0.2) is 9.97 Å². The lowest BCUT2D eigenvalue weighted by atomic mass is 10.1. The average Bonchev–Trinajstić information content (AvgIpc) is 3.42. The molecule has 0 amide bonds. The molecule has 10 heteroatoms. The minimum Gasteiger partial charge on any atom is -0.508 e. The van der Waals surface area contributed by atoms with E-state index in [1.807, 2.05) is 30.3 Å². The highest BCUT2D eigenvalue weighted by molar-refractivity contribution is 9.69. The van der Waals surface area contributed by atoms with Gasteiger partial charge < -0.3 is 19.8 Å². The number of nitrogens with one attached hydrogen (secondary N) is 2. The molecule has 0 unspecified atom stereocenters. The molecule has 0 aliphatic carbocycles. The van der Waals surface area contributed by atoms with Gasteiger partial charge >= 0.3 is 3.18 Å². The largest absolute Gasteiger partial charge is 0.508 e. The van der Waals surface area contributed by atoms with Crippen molar-refractivity contribution in [3.63, 3.8) is 0 Å². The number of benzene rings is 2. The third-order valence-corrected chi connectivity index (χ3v) is 3.53. The number of aromatic nitrogens is 4. The van der Waals surface area contributed by atoms with Gasteiger partial charge in [0, 0.05) is 11.1 Å². The standard InChI is InChI=1S/C10H10N2O.C9H8N2O.BBr3/c1-13-9-4-2-3-8(5-9)10-6-11-7-12-10;12-8-3-1-2-7(4-8)9-5-10-6-11-9;2-1(3)4/h2-7H,1H3,(H,11,12);1-6,12H,(H,10,11);. The van der Waals surface area contributed by atoms with E-state index in [0.29, 0.717) is 0 Å². The monoisotopic (exact) mass is 582 g/mol. The molecule has 4 aromatic rings. The van der Waals surface area contributed by atoms with Gasteiger partial charge in [-0.2, -0.15) is 0 Å². The molecule has 150 valence electrons. The van der Waals surface area contributed by atoms with E-state index >= 15 is 0 Å². The van der Waals surface area contributed by atoms with E-state index in [-0.39, 0.29) is 8.93 Å². The van der Waals surface area contributed by atoms with Crippen LogP contribution in [0.5, 0.6) is 11.5 Å². The second-order valence-electron chi connectivity index (χ2n) is 5.46. The predicted octanol–water partition coefficient (Wildman–Crippen LogP) is 6.02. The maximum absolute atomic E-state index is 9.18. The number of aromatic amines is 2. The van der Waals surface area contributed by atoms with E-state index in [1.54, 1.807) is 50.4 Å². The summed E-state index contributed by atoms with van der Waals surface area (Å²) in [4.78, 5) is 13.8. The van der Waals surface area contributed by atoms with Crippen LogP contribution in [0.15, 0.2) is 73.6 Å². The molecule has 0 aliphatic rings. The van der Waals surface area contributed by atoms with Crippen LogP contribution < -0.4 is 4.74 Å². The summed E-state index contributed by atoms with van der Waals surface area (Å²) in [5.41, 5.74) is 3.93. The van der Waals surface area contributed by atoms with E-state index in [1.165, 1.54) is 0 Å². The fraction of sp³-hybridized carbons (Fsp3) is 0.0526. The van der Waals surface area contributed by atoms with Crippen LogP contribution in [0.1, 0.15) is 0 Å². The number of nitrogens with zero attached hydrogens (tertiary/aromatic N) is 2. The fourth-order valence-corrected chi connectivity index (χ4v) is 2.29.